The summed E-state index contributed by atoms with van der Waals surface area (Å²) in [5.41, 5.74) is 1.58. The van der Waals surface area contributed by atoms with E-state index in [4.69, 9.17) is 4.74 Å². The number of amidine groups is 1. The first-order chi connectivity index (χ1) is 13.0. The van der Waals surface area contributed by atoms with Gasteiger partial charge in [-0.2, -0.15) is 0 Å². The van der Waals surface area contributed by atoms with E-state index in [1.165, 1.54) is 12.1 Å². The van der Waals surface area contributed by atoms with Gasteiger partial charge in [0.05, 0.1) is 12.2 Å². The van der Waals surface area contributed by atoms with Crippen molar-refractivity contribution < 1.29 is 18.3 Å². The monoisotopic (exact) mass is 435 g/mol. The fraction of sp³-hybridized carbons (Fsp3) is 0.211. The van der Waals surface area contributed by atoms with Gasteiger partial charge < -0.3 is 10.1 Å². The number of carbonyl (C=O) groups is 1. The lowest BCUT2D eigenvalue weighted by Crippen LogP contribution is -2.38. The van der Waals surface area contributed by atoms with Crippen molar-refractivity contribution in [3.63, 3.8) is 0 Å². The second kappa shape index (κ2) is 7.96. The predicted octanol–water partition coefficient (Wildman–Crippen LogP) is 3.74. The van der Waals surface area contributed by atoms with Crippen molar-refractivity contribution in [1.29, 1.82) is 0 Å². The van der Waals surface area contributed by atoms with Gasteiger partial charge in [0.25, 0.3) is 0 Å². The first kappa shape index (κ1) is 19.2. The Labute approximate surface area is 163 Å². The number of halogens is 3. The van der Waals surface area contributed by atoms with Gasteiger partial charge in [0, 0.05) is 22.8 Å². The molecule has 140 valence electrons. The molecule has 3 rings (SSSR count). The molecule has 1 atom stereocenters. The van der Waals surface area contributed by atoms with Crippen LogP contribution in [0.5, 0.6) is 0 Å². The number of rotatable bonds is 5. The Bertz CT molecular complexity index is 935. The zero-order valence-corrected chi connectivity index (χ0v) is 16.0. The van der Waals surface area contributed by atoms with Gasteiger partial charge >= 0.3 is 5.97 Å². The summed E-state index contributed by atoms with van der Waals surface area (Å²) in [6, 6.07) is 2.69. The Morgan fingerprint density at radius 1 is 1.41 bits per heavy atom. The topological polar surface area (TPSA) is 63.0 Å². The van der Waals surface area contributed by atoms with E-state index < -0.39 is 23.6 Å². The van der Waals surface area contributed by atoms with E-state index in [2.05, 4.69) is 37.8 Å². The molecular formula is C19H16BrF2N3O2. The summed E-state index contributed by atoms with van der Waals surface area (Å²) in [5, 5.41) is 3.28. The van der Waals surface area contributed by atoms with Gasteiger partial charge in [-0.05, 0) is 24.6 Å². The Morgan fingerprint density at radius 3 is 2.81 bits per heavy atom. The van der Waals surface area contributed by atoms with Crippen LogP contribution >= 0.6 is 15.9 Å². The lowest BCUT2D eigenvalue weighted by Gasteiger charge is -2.27. The molecule has 0 spiro atoms. The highest BCUT2D eigenvalue weighted by atomic mass is 79.9. The molecule has 27 heavy (non-hydrogen) atoms. The number of nitrogens with zero attached hydrogens (tertiary/aromatic N) is 2. The van der Waals surface area contributed by atoms with Crippen molar-refractivity contribution in [1.82, 2.24) is 5.32 Å². The lowest BCUT2D eigenvalue weighted by atomic mass is 9.94. The number of hydrogen-bond acceptors (Lipinski definition) is 5. The van der Waals surface area contributed by atoms with Crippen LogP contribution in [0.15, 0.2) is 63.9 Å². The highest BCUT2D eigenvalue weighted by Crippen LogP contribution is 2.34. The van der Waals surface area contributed by atoms with E-state index in [1.54, 1.807) is 19.2 Å². The number of aliphatic imine (C=N–C) groups is 2. The minimum atomic E-state index is -1.08. The fourth-order valence-electron chi connectivity index (χ4n) is 2.80. The van der Waals surface area contributed by atoms with Gasteiger partial charge in [-0.25, -0.2) is 13.6 Å². The third kappa shape index (κ3) is 3.62. The first-order valence-corrected chi connectivity index (χ1v) is 9.28. The molecule has 2 aliphatic rings. The van der Waals surface area contributed by atoms with Gasteiger partial charge in [-0.1, -0.05) is 34.6 Å². The van der Waals surface area contributed by atoms with E-state index in [0.717, 1.165) is 6.07 Å². The number of benzene rings is 1. The van der Waals surface area contributed by atoms with Gasteiger partial charge in [0.15, 0.2) is 17.5 Å². The van der Waals surface area contributed by atoms with Crippen molar-refractivity contribution >= 4 is 33.4 Å². The van der Waals surface area contributed by atoms with Gasteiger partial charge in [-0.15, -0.1) is 0 Å². The second-order valence-electron chi connectivity index (χ2n) is 5.71. The highest BCUT2D eigenvalue weighted by molar-refractivity contribution is 9.09. The summed E-state index contributed by atoms with van der Waals surface area (Å²) < 4.78 is 33.4. The van der Waals surface area contributed by atoms with Crippen LogP contribution in [0.2, 0.25) is 0 Å². The third-order valence-corrected chi connectivity index (χ3v) is 4.60. The van der Waals surface area contributed by atoms with Crippen LogP contribution in [0.3, 0.4) is 0 Å². The van der Waals surface area contributed by atoms with Crippen LogP contribution in [0.4, 0.5) is 8.78 Å². The molecule has 0 amide bonds. The minimum Gasteiger partial charge on any atom is -0.463 e. The SMILES string of the molecule is C=C1C=CN=C1C1=NC(c2cccc(F)c2F)C(C(=O)OCC)=C(CBr)N1. The summed E-state index contributed by atoms with van der Waals surface area (Å²) >= 11 is 3.33. The molecule has 1 N–H and O–H groups in total. The Kier molecular flexibility index (Phi) is 5.65. The molecule has 0 bridgehead atoms. The molecule has 0 fully saturated rings. The summed E-state index contributed by atoms with van der Waals surface area (Å²) in [4.78, 5) is 21.2. The van der Waals surface area contributed by atoms with Crippen LogP contribution in [0, 0.1) is 11.6 Å². The van der Waals surface area contributed by atoms with Crippen molar-refractivity contribution in [2.24, 2.45) is 9.98 Å². The number of hydrogen-bond donors (Lipinski definition) is 1. The molecule has 0 radical (unpaired) electrons. The molecule has 5 nitrogen and oxygen atoms in total. The average Bonchev–Trinajstić information content (AvgIpc) is 3.09. The second-order valence-corrected chi connectivity index (χ2v) is 6.27. The molecule has 1 aromatic carbocycles. The minimum absolute atomic E-state index is 0.0623. The van der Waals surface area contributed by atoms with Crippen LogP contribution in [-0.4, -0.2) is 29.5 Å². The number of alkyl halides is 1. The molecular weight excluding hydrogens is 420 g/mol. The van der Waals surface area contributed by atoms with Gasteiger partial charge in [-0.3, -0.25) is 9.98 Å². The van der Waals surface area contributed by atoms with Crippen LogP contribution < -0.4 is 5.32 Å². The molecule has 2 heterocycles. The summed E-state index contributed by atoms with van der Waals surface area (Å²) in [6.07, 6.45) is 3.27. The molecule has 1 aromatic rings. The molecule has 0 aliphatic carbocycles. The average molecular weight is 436 g/mol. The molecule has 0 saturated carbocycles. The van der Waals surface area contributed by atoms with Crippen molar-refractivity contribution in [3.8, 4) is 0 Å². The van der Waals surface area contributed by atoms with E-state index in [0.29, 0.717) is 22.8 Å². The molecule has 0 saturated heterocycles. The van der Waals surface area contributed by atoms with E-state index in [-0.39, 0.29) is 23.1 Å². The number of carbonyl (C=O) groups excluding carboxylic acids is 1. The van der Waals surface area contributed by atoms with Crippen molar-refractivity contribution in [3.05, 3.63) is 71.1 Å². The van der Waals surface area contributed by atoms with Crippen LogP contribution in [0.1, 0.15) is 18.5 Å². The quantitative estimate of drug-likeness (QED) is 0.565. The van der Waals surface area contributed by atoms with Crippen LogP contribution in [-0.2, 0) is 9.53 Å². The smallest absolute Gasteiger partial charge is 0.338 e. The number of allylic oxidation sites excluding steroid dienone is 2. The lowest BCUT2D eigenvalue weighted by molar-refractivity contribution is -0.138. The van der Waals surface area contributed by atoms with Gasteiger partial charge in [0.1, 0.15) is 11.8 Å². The van der Waals surface area contributed by atoms with Crippen molar-refractivity contribution in [2.75, 3.05) is 11.9 Å². The maximum absolute atomic E-state index is 14.5. The number of nitrogens with one attached hydrogen (secondary N) is 1. The standard InChI is InChI=1S/C19H16BrF2N3O2/c1-3-27-19(26)14-13(9-20)24-18(16-10(2)7-8-23-16)25-17(14)11-5-4-6-12(21)15(11)22/h4-8,17H,2-3,9H2,1H3,(H,24,25). The Balaban J connectivity index is 2.16. The normalized spacial score (nSPS) is 19.0. The van der Waals surface area contributed by atoms with E-state index in [9.17, 15) is 13.6 Å². The molecule has 8 heteroatoms. The van der Waals surface area contributed by atoms with Crippen LogP contribution in [0.25, 0.3) is 0 Å². The van der Waals surface area contributed by atoms with Crippen molar-refractivity contribution in [2.45, 2.75) is 13.0 Å². The first-order valence-electron chi connectivity index (χ1n) is 8.16. The summed E-state index contributed by atoms with van der Waals surface area (Å²) in [5.74, 6) is -2.41. The number of ether oxygens (including phenoxy) is 1. The fourth-order valence-corrected chi connectivity index (χ4v) is 3.25. The van der Waals surface area contributed by atoms with E-state index >= 15 is 0 Å². The molecule has 2 aliphatic heterocycles. The zero-order chi connectivity index (χ0) is 19.6. The molecule has 0 aromatic heterocycles. The highest BCUT2D eigenvalue weighted by Gasteiger charge is 2.35. The number of esters is 1. The summed E-state index contributed by atoms with van der Waals surface area (Å²) in [7, 11) is 0. The largest absolute Gasteiger partial charge is 0.463 e. The Morgan fingerprint density at radius 2 is 2.19 bits per heavy atom. The predicted molar refractivity (Wildman–Crippen MR) is 103 cm³/mol. The Hall–Kier alpha value is -2.61. The van der Waals surface area contributed by atoms with Gasteiger partial charge in [0.2, 0.25) is 0 Å². The maximum Gasteiger partial charge on any atom is 0.338 e. The molecule has 1 unspecified atom stereocenters. The third-order valence-electron chi connectivity index (χ3n) is 4.04. The maximum atomic E-state index is 14.5. The zero-order valence-electron chi connectivity index (χ0n) is 14.4. The summed E-state index contributed by atoms with van der Waals surface area (Å²) in [6.45, 7) is 5.69. The van der Waals surface area contributed by atoms with E-state index in [1.807, 2.05) is 0 Å².